The van der Waals surface area contributed by atoms with Gasteiger partial charge in [-0.1, -0.05) is 23.7 Å². The number of nitrogens with zero attached hydrogens (tertiary/aromatic N) is 2. The molecule has 2 aromatic rings. The minimum atomic E-state index is -0.545. The minimum Gasteiger partial charge on any atom is -0.388 e. The zero-order valence-electron chi connectivity index (χ0n) is 10.5. The van der Waals surface area contributed by atoms with E-state index < -0.39 is 6.10 Å². The second-order valence-electron chi connectivity index (χ2n) is 4.70. The largest absolute Gasteiger partial charge is 0.388 e. The van der Waals surface area contributed by atoms with Gasteiger partial charge in [0.05, 0.1) is 12.3 Å². The maximum Gasteiger partial charge on any atom is 0.0860 e. The van der Waals surface area contributed by atoms with Crippen molar-refractivity contribution in [1.29, 1.82) is 0 Å². The summed E-state index contributed by atoms with van der Waals surface area (Å²) in [7, 11) is 0. The van der Waals surface area contributed by atoms with Crippen molar-refractivity contribution in [1.82, 2.24) is 9.78 Å². The third-order valence-electron chi connectivity index (χ3n) is 2.85. The van der Waals surface area contributed by atoms with Crippen molar-refractivity contribution >= 4 is 11.6 Å². The van der Waals surface area contributed by atoms with Gasteiger partial charge in [0.1, 0.15) is 0 Å². The molecule has 3 nitrogen and oxygen atoms in total. The summed E-state index contributed by atoms with van der Waals surface area (Å²) >= 11 is 5.92. The Balaban J connectivity index is 2.09. The Morgan fingerprint density at radius 2 is 2.17 bits per heavy atom. The summed E-state index contributed by atoms with van der Waals surface area (Å²) in [6.45, 7) is 4.11. The third kappa shape index (κ3) is 3.12. The van der Waals surface area contributed by atoms with Gasteiger partial charge in [-0.25, -0.2) is 0 Å². The zero-order chi connectivity index (χ0) is 13.1. The normalized spacial score (nSPS) is 12.9. The Kier molecular flexibility index (Phi) is 4.04. The van der Waals surface area contributed by atoms with E-state index in [-0.39, 0.29) is 0 Å². The van der Waals surface area contributed by atoms with Crippen molar-refractivity contribution in [2.24, 2.45) is 0 Å². The fourth-order valence-corrected chi connectivity index (χ4v) is 2.03. The molecule has 1 heterocycles. The SMILES string of the molecule is CC(C)n1cc(C(O)Cc2cccc(Cl)c2)cn1. The molecule has 0 spiro atoms. The number of rotatable bonds is 4. The van der Waals surface area contributed by atoms with Crippen LogP contribution in [-0.2, 0) is 6.42 Å². The lowest BCUT2D eigenvalue weighted by Crippen LogP contribution is -2.02. The molecule has 0 amide bonds. The first kappa shape index (κ1) is 13.1. The van der Waals surface area contributed by atoms with Gasteiger partial charge in [0.15, 0.2) is 0 Å². The number of halogens is 1. The minimum absolute atomic E-state index is 0.303. The Morgan fingerprint density at radius 3 is 2.78 bits per heavy atom. The molecule has 2 rings (SSSR count). The van der Waals surface area contributed by atoms with E-state index in [0.29, 0.717) is 17.5 Å². The lowest BCUT2D eigenvalue weighted by Gasteiger charge is -2.09. The summed E-state index contributed by atoms with van der Waals surface area (Å²) < 4.78 is 1.84. The van der Waals surface area contributed by atoms with Crippen LogP contribution in [0.2, 0.25) is 5.02 Å². The Bertz CT molecular complexity index is 522. The van der Waals surface area contributed by atoms with Crippen molar-refractivity contribution in [2.75, 3.05) is 0 Å². The molecule has 0 fully saturated rings. The average Bonchev–Trinajstić information content (AvgIpc) is 2.78. The van der Waals surface area contributed by atoms with E-state index in [1.165, 1.54) is 0 Å². The van der Waals surface area contributed by atoms with Crippen molar-refractivity contribution in [2.45, 2.75) is 32.4 Å². The molecule has 0 saturated heterocycles. The first-order valence-electron chi connectivity index (χ1n) is 6.03. The van der Waals surface area contributed by atoms with Gasteiger partial charge in [0.2, 0.25) is 0 Å². The van der Waals surface area contributed by atoms with Gasteiger partial charge >= 0.3 is 0 Å². The van der Waals surface area contributed by atoms with Gasteiger partial charge in [-0.05, 0) is 31.5 Å². The van der Waals surface area contributed by atoms with Gasteiger partial charge < -0.3 is 5.11 Å². The van der Waals surface area contributed by atoms with Crippen molar-refractivity contribution in [3.8, 4) is 0 Å². The number of benzene rings is 1. The van der Waals surface area contributed by atoms with Gasteiger partial charge in [-0.15, -0.1) is 0 Å². The van der Waals surface area contributed by atoms with Crippen LogP contribution >= 0.6 is 11.6 Å². The second kappa shape index (κ2) is 5.55. The summed E-state index contributed by atoms with van der Waals surface area (Å²) in [6.07, 6.45) is 3.61. The molecule has 1 unspecified atom stereocenters. The number of aliphatic hydroxyl groups excluding tert-OH is 1. The molecular weight excluding hydrogens is 248 g/mol. The van der Waals surface area contributed by atoms with E-state index in [9.17, 15) is 5.11 Å². The van der Waals surface area contributed by atoms with Crippen molar-refractivity contribution in [3.63, 3.8) is 0 Å². The molecular formula is C14H17ClN2O. The topological polar surface area (TPSA) is 38.0 Å². The monoisotopic (exact) mass is 264 g/mol. The van der Waals surface area contributed by atoms with Crippen LogP contribution in [0.25, 0.3) is 0 Å². The highest BCUT2D eigenvalue weighted by Gasteiger charge is 2.12. The quantitative estimate of drug-likeness (QED) is 0.919. The van der Waals surface area contributed by atoms with E-state index >= 15 is 0 Å². The van der Waals surface area contributed by atoms with Crippen LogP contribution in [0.4, 0.5) is 0 Å². The molecule has 0 bridgehead atoms. The van der Waals surface area contributed by atoms with E-state index in [0.717, 1.165) is 11.1 Å². The highest BCUT2D eigenvalue weighted by molar-refractivity contribution is 6.30. The average molecular weight is 265 g/mol. The lowest BCUT2D eigenvalue weighted by atomic mass is 10.0. The smallest absolute Gasteiger partial charge is 0.0860 e. The predicted octanol–water partition coefficient (Wildman–Crippen LogP) is 3.39. The Morgan fingerprint density at radius 1 is 1.39 bits per heavy atom. The zero-order valence-corrected chi connectivity index (χ0v) is 11.3. The maximum atomic E-state index is 10.2. The maximum absolute atomic E-state index is 10.2. The molecule has 1 atom stereocenters. The summed E-state index contributed by atoms with van der Waals surface area (Å²) in [6, 6.07) is 7.85. The summed E-state index contributed by atoms with van der Waals surface area (Å²) in [5, 5.41) is 15.1. The molecule has 1 aromatic heterocycles. The molecule has 0 aliphatic heterocycles. The van der Waals surface area contributed by atoms with Crippen molar-refractivity contribution < 1.29 is 5.11 Å². The number of aliphatic hydroxyl groups is 1. The van der Waals surface area contributed by atoms with E-state index in [1.807, 2.05) is 35.1 Å². The van der Waals surface area contributed by atoms with Crippen LogP contribution in [0.1, 0.15) is 37.1 Å². The van der Waals surface area contributed by atoms with E-state index in [1.54, 1.807) is 6.20 Å². The number of hydrogen-bond donors (Lipinski definition) is 1. The van der Waals surface area contributed by atoms with Crippen LogP contribution in [0.15, 0.2) is 36.7 Å². The summed E-state index contributed by atoms with van der Waals surface area (Å²) in [4.78, 5) is 0. The van der Waals surface area contributed by atoms with Crippen molar-refractivity contribution in [3.05, 3.63) is 52.8 Å². The van der Waals surface area contributed by atoms with Crippen LogP contribution in [0.5, 0.6) is 0 Å². The highest BCUT2D eigenvalue weighted by atomic mass is 35.5. The van der Waals surface area contributed by atoms with E-state index in [4.69, 9.17) is 11.6 Å². The molecule has 0 aliphatic rings. The number of aromatic nitrogens is 2. The standard InChI is InChI=1S/C14H17ClN2O/c1-10(2)17-9-12(8-16-17)14(18)7-11-4-3-5-13(15)6-11/h3-6,8-10,14,18H,7H2,1-2H3. The van der Waals surface area contributed by atoms with Gasteiger partial charge in [0, 0.05) is 29.2 Å². The summed E-state index contributed by atoms with van der Waals surface area (Å²) in [5.41, 5.74) is 1.86. The van der Waals surface area contributed by atoms with Crippen LogP contribution < -0.4 is 0 Å². The first-order chi connectivity index (χ1) is 8.56. The molecule has 0 saturated carbocycles. The third-order valence-corrected chi connectivity index (χ3v) is 3.09. The van der Waals surface area contributed by atoms with Gasteiger partial charge in [0.25, 0.3) is 0 Å². The predicted molar refractivity (Wildman–Crippen MR) is 72.7 cm³/mol. The van der Waals surface area contributed by atoms with Gasteiger partial charge in [-0.3, -0.25) is 4.68 Å². The molecule has 1 N–H and O–H groups in total. The molecule has 4 heteroatoms. The van der Waals surface area contributed by atoms with Crippen LogP contribution in [0.3, 0.4) is 0 Å². The first-order valence-corrected chi connectivity index (χ1v) is 6.40. The highest BCUT2D eigenvalue weighted by Crippen LogP contribution is 2.20. The van der Waals surface area contributed by atoms with Crippen LogP contribution in [-0.4, -0.2) is 14.9 Å². The fourth-order valence-electron chi connectivity index (χ4n) is 1.81. The fraction of sp³-hybridized carbons (Fsp3) is 0.357. The van der Waals surface area contributed by atoms with Crippen LogP contribution in [0, 0.1) is 0 Å². The molecule has 96 valence electrons. The van der Waals surface area contributed by atoms with E-state index in [2.05, 4.69) is 18.9 Å². The summed E-state index contributed by atoms with van der Waals surface area (Å²) in [5.74, 6) is 0. The van der Waals surface area contributed by atoms with Gasteiger partial charge in [-0.2, -0.15) is 5.10 Å². The molecule has 18 heavy (non-hydrogen) atoms. The number of hydrogen-bond acceptors (Lipinski definition) is 2. The lowest BCUT2D eigenvalue weighted by molar-refractivity contribution is 0.178. The second-order valence-corrected chi connectivity index (χ2v) is 5.13. The Hall–Kier alpha value is -1.32. The Labute approximate surface area is 112 Å². The molecule has 1 aromatic carbocycles. The molecule has 0 radical (unpaired) electrons. The molecule has 0 aliphatic carbocycles.